The lowest BCUT2D eigenvalue weighted by Gasteiger charge is -2.32. The van der Waals surface area contributed by atoms with Crippen molar-refractivity contribution in [3.8, 4) is 6.07 Å². The fourth-order valence-corrected chi connectivity index (χ4v) is 2.68. The molecule has 0 saturated carbocycles. The number of anilines is 2. The summed E-state index contributed by atoms with van der Waals surface area (Å²) in [6.07, 6.45) is 6.28. The van der Waals surface area contributed by atoms with Crippen LogP contribution >= 0.6 is 0 Å². The molecule has 0 atom stereocenters. The summed E-state index contributed by atoms with van der Waals surface area (Å²) in [5, 5.41) is 11.9. The maximum atomic E-state index is 8.74. The average molecular weight is 270 g/mol. The van der Waals surface area contributed by atoms with Gasteiger partial charge in [-0.15, -0.1) is 0 Å². The van der Waals surface area contributed by atoms with Gasteiger partial charge in [0.05, 0.1) is 23.6 Å². The number of piperidine rings is 1. The molecule has 104 valence electrons. The van der Waals surface area contributed by atoms with E-state index in [0.717, 1.165) is 42.7 Å². The number of aromatic amines is 1. The van der Waals surface area contributed by atoms with Gasteiger partial charge in [0.2, 0.25) is 0 Å². The van der Waals surface area contributed by atoms with Gasteiger partial charge in [-0.05, 0) is 24.8 Å². The van der Waals surface area contributed by atoms with Crippen molar-refractivity contribution in [1.29, 1.82) is 5.26 Å². The summed E-state index contributed by atoms with van der Waals surface area (Å²) in [5.74, 6) is 0.528. The number of nitrogens with zero attached hydrogens (tertiary/aromatic N) is 3. The summed E-state index contributed by atoms with van der Waals surface area (Å²) in [7, 11) is 0. The highest BCUT2D eigenvalue weighted by molar-refractivity contribution is 5.95. The van der Waals surface area contributed by atoms with Gasteiger partial charge in [-0.2, -0.15) is 5.26 Å². The second kappa shape index (κ2) is 5.39. The Bertz CT molecular complexity index is 633. The maximum absolute atomic E-state index is 8.74. The number of nitrogen functional groups attached to an aromatic ring is 1. The third kappa shape index (κ3) is 2.40. The molecule has 0 radical (unpaired) electrons. The number of nitrogens with two attached hydrogens (primary N) is 1. The zero-order valence-corrected chi connectivity index (χ0v) is 11.3. The van der Waals surface area contributed by atoms with Gasteiger partial charge in [-0.25, -0.2) is 9.99 Å². The number of rotatable bonds is 3. The summed E-state index contributed by atoms with van der Waals surface area (Å²) in [4.78, 5) is 7.34. The van der Waals surface area contributed by atoms with E-state index in [0.29, 0.717) is 18.0 Å². The smallest absolute Gasteiger partial charge is 0.139 e. The third-order valence-electron chi connectivity index (χ3n) is 3.88. The van der Waals surface area contributed by atoms with Crippen molar-refractivity contribution < 1.29 is 0 Å². The molecule has 0 spiro atoms. The van der Waals surface area contributed by atoms with Crippen LogP contribution in [0.25, 0.3) is 11.0 Å². The Kier molecular flexibility index (Phi) is 3.44. The minimum atomic E-state index is 0.528. The van der Waals surface area contributed by atoms with Crippen LogP contribution in [-0.4, -0.2) is 28.1 Å². The topological polar surface area (TPSA) is 93.8 Å². The number of nitrogens with one attached hydrogen (secondary N) is 2. The third-order valence-corrected chi connectivity index (χ3v) is 3.88. The molecule has 0 bridgehead atoms. The number of hydrogen-bond donors (Lipinski definition) is 3. The van der Waals surface area contributed by atoms with Crippen molar-refractivity contribution in [2.24, 2.45) is 5.92 Å². The number of H-pyrrole nitrogens is 1. The predicted molar refractivity (Wildman–Crippen MR) is 78.7 cm³/mol. The number of nitriles is 1. The molecule has 1 aliphatic rings. The zero-order valence-electron chi connectivity index (χ0n) is 11.3. The Hall–Kier alpha value is -2.26. The predicted octanol–water partition coefficient (Wildman–Crippen LogP) is 2.10. The van der Waals surface area contributed by atoms with Crippen molar-refractivity contribution in [1.82, 2.24) is 15.0 Å². The van der Waals surface area contributed by atoms with Gasteiger partial charge in [0.1, 0.15) is 5.65 Å². The van der Waals surface area contributed by atoms with E-state index < -0.39 is 0 Å². The van der Waals surface area contributed by atoms with Gasteiger partial charge in [-0.3, -0.25) is 0 Å². The van der Waals surface area contributed by atoms with Gasteiger partial charge < -0.3 is 16.1 Å². The Labute approximate surface area is 117 Å². The first-order valence-electron chi connectivity index (χ1n) is 6.88. The van der Waals surface area contributed by atoms with E-state index >= 15 is 0 Å². The molecule has 20 heavy (non-hydrogen) atoms. The Morgan fingerprint density at radius 1 is 1.50 bits per heavy atom. The molecule has 1 fully saturated rings. The number of aromatic nitrogens is 2. The van der Waals surface area contributed by atoms with E-state index in [4.69, 9.17) is 11.0 Å². The second-order valence-electron chi connectivity index (χ2n) is 5.23. The van der Waals surface area contributed by atoms with Crippen LogP contribution in [0.3, 0.4) is 0 Å². The fraction of sp³-hybridized carbons (Fsp3) is 0.429. The first kappa shape index (κ1) is 12.8. The van der Waals surface area contributed by atoms with Crippen LogP contribution in [0.2, 0.25) is 0 Å². The lowest BCUT2D eigenvalue weighted by molar-refractivity contribution is 0.219. The highest BCUT2D eigenvalue weighted by atomic mass is 15.5. The van der Waals surface area contributed by atoms with E-state index in [2.05, 4.69) is 26.5 Å². The van der Waals surface area contributed by atoms with Gasteiger partial charge >= 0.3 is 0 Å². The molecule has 2 aromatic rings. The van der Waals surface area contributed by atoms with E-state index in [9.17, 15) is 0 Å². The number of hydrogen-bond acceptors (Lipinski definition) is 5. The highest BCUT2D eigenvalue weighted by Crippen LogP contribution is 2.29. The normalized spacial score (nSPS) is 17.1. The largest absolute Gasteiger partial charge is 0.396 e. The molecule has 2 aromatic heterocycles. The van der Waals surface area contributed by atoms with Crippen LogP contribution in [0.5, 0.6) is 0 Å². The molecule has 6 nitrogen and oxygen atoms in total. The Morgan fingerprint density at radius 2 is 2.30 bits per heavy atom. The fourth-order valence-electron chi connectivity index (χ4n) is 2.68. The Morgan fingerprint density at radius 3 is 3.05 bits per heavy atom. The molecular weight excluding hydrogens is 252 g/mol. The number of fused-ring (bicyclic) bond motifs is 1. The maximum Gasteiger partial charge on any atom is 0.139 e. The summed E-state index contributed by atoms with van der Waals surface area (Å²) >= 11 is 0. The van der Waals surface area contributed by atoms with Crippen molar-refractivity contribution in [2.45, 2.75) is 19.3 Å². The number of pyridine rings is 1. The van der Waals surface area contributed by atoms with Crippen molar-refractivity contribution in [2.75, 3.05) is 24.2 Å². The van der Waals surface area contributed by atoms with Gasteiger partial charge in [0.25, 0.3) is 0 Å². The minimum absolute atomic E-state index is 0.528. The van der Waals surface area contributed by atoms with Crippen LogP contribution in [0.15, 0.2) is 18.5 Å². The van der Waals surface area contributed by atoms with Crippen molar-refractivity contribution in [3.05, 3.63) is 18.5 Å². The lowest BCUT2D eigenvalue weighted by atomic mass is 9.95. The van der Waals surface area contributed by atoms with Crippen molar-refractivity contribution >= 4 is 22.4 Å². The first-order valence-corrected chi connectivity index (χ1v) is 6.88. The van der Waals surface area contributed by atoms with Gasteiger partial charge in [0, 0.05) is 31.1 Å². The standard InChI is InChI=1S/C14H18N6/c15-5-1-10-3-7-20(8-4-10)19-13-11-2-6-17-14(11)18-9-12(13)16/h2,6,9-10H,1,3-4,7-8,16H2,(H2,17,18,19). The van der Waals surface area contributed by atoms with E-state index in [1.54, 1.807) is 6.20 Å². The van der Waals surface area contributed by atoms with Crippen LogP contribution in [-0.2, 0) is 0 Å². The first-order chi connectivity index (χ1) is 9.78. The molecule has 6 heteroatoms. The average Bonchev–Trinajstić information content (AvgIpc) is 2.93. The quantitative estimate of drug-likeness (QED) is 0.794. The van der Waals surface area contributed by atoms with E-state index in [1.165, 1.54) is 0 Å². The second-order valence-corrected chi connectivity index (χ2v) is 5.23. The summed E-state index contributed by atoms with van der Waals surface area (Å²) in [6.45, 7) is 1.86. The van der Waals surface area contributed by atoms with Crippen LogP contribution in [0, 0.1) is 17.2 Å². The lowest BCUT2D eigenvalue weighted by Crippen LogP contribution is -2.38. The minimum Gasteiger partial charge on any atom is -0.396 e. The molecule has 0 aromatic carbocycles. The van der Waals surface area contributed by atoms with Gasteiger partial charge in [0.15, 0.2) is 0 Å². The molecule has 3 rings (SSSR count). The Balaban J connectivity index is 1.73. The monoisotopic (exact) mass is 270 g/mol. The van der Waals surface area contributed by atoms with Crippen LogP contribution < -0.4 is 11.2 Å². The van der Waals surface area contributed by atoms with Gasteiger partial charge in [-0.1, -0.05) is 0 Å². The molecular formula is C14H18N6. The number of hydrazine groups is 1. The summed E-state index contributed by atoms with van der Waals surface area (Å²) < 4.78 is 0. The van der Waals surface area contributed by atoms with Crippen molar-refractivity contribution in [3.63, 3.8) is 0 Å². The molecule has 3 heterocycles. The van der Waals surface area contributed by atoms with E-state index in [-0.39, 0.29) is 0 Å². The summed E-state index contributed by atoms with van der Waals surface area (Å²) in [5.41, 5.74) is 11.8. The highest BCUT2D eigenvalue weighted by Gasteiger charge is 2.20. The molecule has 0 amide bonds. The molecule has 1 aliphatic heterocycles. The molecule has 4 N–H and O–H groups in total. The zero-order chi connectivity index (χ0) is 13.9. The SMILES string of the molecule is N#CCC1CCN(Nc2c(N)cnc3[nH]ccc23)CC1. The molecule has 1 saturated heterocycles. The van der Waals surface area contributed by atoms with Crippen LogP contribution in [0.4, 0.5) is 11.4 Å². The summed E-state index contributed by atoms with van der Waals surface area (Å²) in [6, 6.07) is 4.24. The molecule has 0 unspecified atom stereocenters. The van der Waals surface area contributed by atoms with Crippen LogP contribution in [0.1, 0.15) is 19.3 Å². The molecule has 0 aliphatic carbocycles. The van der Waals surface area contributed by atoms with E-state index in [1.807, 2.05) is 12.3 Å².